The van der Waals surface area contributed by atoms with Gasteiger partial charge in [-0.1, -0.05) is 11.6 Å². The maximum absolute atomic E-state index is 14.6. The summed E-state index contributed by atoms with van der Waals surface area (Å²) in [6.07, 6.45) is -4.29. The van der Waals surface area contributed by atoms with Gasteiger partial charge in [-0.15, -0.1) is 11.8 Å². The molecule has 3 nitrogen and oxygen atoms in total. The lowest BCUT2D eigenvalue weighted by Crippen LogP contribution is -2.52. The van der Waals surface area contributed by atoms with Crippen LogP contribution in [-0.4, -0.2) is 54.8 Å². The van der Waals surface area contributed by atoms with Gasteiger partial charge in [0.15, 0.2) is 5.78 Å². The molecular weight excluding hydrogens is 452 g/mol. The molecule has 1 saturated heterocycles. The van der Waals surface area contributed by atoms with E-state index < -0.39 is 17.7 Å². The SMILES string of the molecule is Cc1cc(F)c(N2CCN(C(C)C(=O)c3ccc(Cl)cc3)CC2)cc1SCC(F)(F)F. The molecule has 1 aliphatic heterocycles. The van der Waals surface area contributed by atoms with E-state index in [2.05, 4.69) is 0 Å². The Balaban J connectivity index is 1.66. The summed E-state index contributed by atoms with van der Waals surface area (Å²) in [6.45, 7) is 5.47. The van der Waals surface area contributed by atoms with Crippen LogP contribution in [0.4, 0.5) is 23.2 Å². The van der Waals surface area contributed by atoms with E-state index in [0.29, 0.717) is 64.7 Å². The van der Waals surface area contributed by atoms with Gasteiger partial charge in [0.05, 0.1) is 17.5 Å². The van der Waals surface area contributed by atoms with E-state index in [9.17, 15) is 22.4 Å². The van der Waals surface area contributed by atoms with Gasteiger partial charge >= 0.3 is 6.18 Å². The van der Waals surface area contributed by atoms with Crippen LogP contribution < -0.4 is 4.90 Å². The highest BCUT2D eigenvalue weighted by Crippen LogP contribution is 2.34. The Morgan fingerprint density at radius 1 is 1.13 bits per heavy atom. The molecule has 0 bridgehead atoms. The number of rotatable bonds is 6. The van der Waals surface area contributed by atoms with Crippen molar-refractivity contribution in [3.05, 3.63) is 58.4 Å². The summed E-state index contributed by atoms with van der Waals surface area (Å²) in [4.78, 5) is 17.0. The van der Waals surface area contributed by atoms with E-state index in [4.69, 9.17) is 11.6 Å². The third-order valence-corrected chi connectivity index (χ3v) is 6.82. The molecule has 0 radical (unpaired) electrons. The summed E-state index contributed by atoms with van der Waals surface area (Å²) in [5.74, 6) is -1.48. The third kappa shape index (κ3) is 6.14. The van der Waals surface area contributed by atoms with Crippen molar-refractivity contribution in [2.75, 3.05) is 36.8 Å². The molecular formula is C22H23ClF4N2OS. The smallest absolute Gasteiger partial charge is 0.367 e. The fourth-order valence-corrected chi connectivity index (χ4v) is 4.50. The Labute approximate surface area is 188 Å². The molecule has 168 valence electrons. The molecule has 0 aromatic heterocycles. The number of hydrogen-bond acceptors (Lipinski definition) is 4. The summed E-state index contributed by atoms with van der Waals surface area (Å²) in [7, 11) is 0. The number of carbonyl (C=O) groups excluding carboxylic acids is 1. The van der Waals surface area contributed by atoms with Crippen LogP contribution in [0.25, 0.3) is 0 Å². The molecule has 31 heavy (non-hydrogen) atoms. The van der Waals surface area contributed by atoms with Crippen LogP contribution in [0.2, 0.25) is 5.02 Å². The van der Waals surface area contributed by atoms with Crippen molar-refractivity contribution in [2.24, 2.45) is 0 Å². The molecule has 1 fully saturated rings. The summed E-state index contributed by atoms with van der Waals surface area (Å²) in [5.41, 5.74) is 1.36. The van der Waals surface area contributed by atoms with Crippen LogP contribution in [0.1, 0.15) is 22.8 Å². The first-order valence-electron chi connectivity index (χ1n) is 9.83. The van der Waals surface area contributed by atoms with Gasteiger partial charge in [0.2, 0.25) is 0 Å². The number of Topliss-reactive ketones (excluding diaryl/α,β-unsaturated/α-hetero) is 1. The molecule has 0 amide bonds. The van der Waals surface area contributed by atoms with Crippen molar-refractivity contribution < 1.29 is 22.4 Å². The maximum Gasteiger partial charge on any atom is 0.398 e. The zero-order valence-corrected chi connectivity index (χ0v) is 18.8. The number of piperazine rings is 1. The predicted molar refractivity (Wildman–Crippen MR) is 117 cm³/mol. The third-order valence-electron chi connectivity index (χ3n) is 5.35. The number of aryl methyl sites for hydroxylation is 1. The van der Waals surface area contributed by atoms with E-state index in [1.807, 2.05) is 16.7 Å². The standard InChI is InChI=1S/C22H23ClF4N2OS/c1-14-11-18(24)19(12-20(14)31-13-22(25,26)27)29-9-7-28(8-10-29)15(2)21(30)16-3-5-17(23)6-4-16/h3-6,11-12,15H,7-10,13H2,1-2H3. The Bertz CT molecular complexity index is 928. The van der Waals surface area contributed by atoms with Crippen LogP contribution in [0.3, 0.4) is 0 Å². The fourth-order valence-electron chi connectivity index (χ4n) is 3.57. The Kier molecular flexibility index (Phi) is 7.55. The molecule has 0 saturated carbocycles. The van der Waals surface area contributed by atoms with Crippen LogP contribution in [0, 0.1) is 12.7 Å². The quantitative estimate of drug-likeness (QED) is 0.298. The molecule has 1 atom stereocenters. The van der Waals surface area contributed by atoms with Crippen LogP contribution in [0.15, 0.2) is 41.3 Å². The molecule has 1 unspecified atom stereocenters. The topological polar surface area (TPSA) is 23.6 Å². The van der Waals surface area contributed by atoms with E-state index in [0.717, 1.165) is 0 Å². The summed E-state index contributed by atoms with van der Waals surface area (Å²) in [5, 5.41) is 0.561. The number of benzene rings is 2. The fraction of sp³-hybridized carbons (Fsp3) is 0.409. The number of thioether (sulfide) groups is 1. The van der Waals surface area contributed by atoms with E-state index in [-0.39, 0.29) is 11.8 Å². The van der Waals surface area contributed by atoms with Gasteiger partial charge in [0.1, 0.15) is 5.82 Å². The minimum absolute atomic E-state index is 0.0162. The van der Waals surface area contributed by atoms with Crippen molar-refractivity contribution in [3.63, 3.8) is 0 Å². The Hall–Kier alpha value is -1.77. The number of nitrogens with zero attached hydrogens (tertiary/aromatic N) is 2. The monoisotopic (exact) mass is 474 g/mol. The number of ketones is 1. The maximum atomic E-state index is 14.6. The van der Waals surface area contributed by atoms with Gasteiger partial charge in [0, 0.05) is 41.7 Å². The molecule has 9 heteroatoms. The zero-order chi connectivity index (χ0) is 22.8. The van der Waals surface area contributed by atoms with Crippen molar-refractivity contribution in [2.45, 2.75) is 31.0 Å². The number of hydrogen-bond donors (Lipinski definition) is 0. The molecule has 2 aromatic rings. The van der Waals surface area contributed by atoms with Gasteiger partial charge in [-0.05, 0) is 55.8 Å². The minimum atomic E-state index is -4.29. The highest BCUT2D eigenvalue weighted by atomic mass is 35.5. The minimum Gasteiger partial charge on any atom is -0.367 e. The summed E-state index contributed by atoms with van der Waals surface area (Å²) in [6, 6.07) is 9.18. The Morgan fingerprint density at radius 2 is 1.74 bits per heavy atom. The molecule has 0 N–H and O–H groups in total. The second-order valence-electron chi connectivity index (χ2n) is 7.54. The second kappa shape index (κ2) is 9.79. The van der Waals surface area contributed by atoms with E-state index >= 15 is 0 Å². The van der Waals surface area contributed by atoms with Crippen LogP contribution in [-0.2, 0) is 0 Å². The summed E-state index contributed by atoms with van der Waals surface area (Å²) >= 11 is 6.55. The molecule has 1 heterocycles. The normalized spacial score (nSPS) is 16.4. The highest BCUT2D eigenvalue weighted by molar-refractivity contribution is 7.99. The number of alkyl halides is 3. The van der Waals surface area contributed by atoms with Gasteiger partial charge in [-0.2, -0.15) is 13.2 Å². The molecule has 0 spiro atoms. The summed E-state index contributed by atoms with van der Waals surface area (Å²) < 4.78 is 52.3. The average Bonchev–Trinajstić information content (AvgIpc) is 2.72. The lowest BCUT2D eigenvalue weighted by molar-refractivity contribution is -0.105. The van der Waals surface area contributed by atoms with Crippen LogP contribution >= 0.6 is 23.4 Å². The average molecular weight is 475 g/mol. The molecule has 2 aromatic carbocycles. The van der Waals surface area contributed by atoms with E-state index in [1.54, 1.807) is 31.2 Å². The Morgan fingerprint density at radius 3 is 2.32 bits per heavy atom. The number of anilines is 1. The second-order valence-corrected chi connectivity index (χ2v) is 9.00. The highest BCUT2D eigenvalue weighted by Gasteiger charge is 2.29. The van der Waals surface area contributed by atoms with Crippen molar-refractivity contribution in [3.8, 4) is 0 Å². The first kappa shape index (κ1) is 23.9. The number of halogens is 5. The lowest BCUT2D eigenvalue weighted by atomic mass is 10.0. The molecule has 0 aliphatic carbocycles. The van der Waals surface area contributed by atoms with Gasteiger partial charge < -0.3 is 4.90 Å². The van der Waals surface area contributed by atoms with Crippen molar-refractivity contribution in [1.29, 1.82) is 0 Å². The van der Waals surface area contributed by atoms with Gasteiger partial charge in [-0.3, -0.25) is 9.69 Å². The first-order chi connectivity index (χ1) is 14.5. The number of carbonyl (C=O) groups is 1. The first-order valence-corrected chi connectivity index (χ1v) is 11.2. The van der Waals surface area contributed by atoms with Gasteiger partial charge in [0.25, 0.3) is 0 Å². The largest absolute Gasteiger partial charge is 0.398 e. The van der Waals surface area contributed by atoms with Crippen LogP contribution in [0.5, 0.6) is 0 Å². The van der Waals surface area contributed by atoms with Gasteiger partial charge in [-0.25, -0.2) is 4.39 Å². The molecule has 3 rings (SSSR count). The van der Waals surface area contributed by atoms with E-state index in [1.165, 1.54) is 12.1 Å². The predicted octanol–water partition coefficient (Wildman–Crippen LogP) is 5.84. The zero-order valence-electron chi connectivity index (χ0n) is 17.2. The lowest BCUT2D eigenvalue weighted by Gasteiger charge is -2.38. The van der Waals surface area contributed by atoms with Crippen molar-refractivity contribution >= 4 is 34.8 Å². The molecule has 1 aliphatic rings. The van der Waals surface area contributed by atoms with Crippen molar-refractivity contribution in [1.82, 2.24) is 4.90 Å².